The van der Waals surface area contributed by atoms with Crippen molar-refractivity contribution >= 4 is 46.0 Å². The standard InChI is InChI=1S/C16H21BrN2OS.ClH/c17-11-1-5-15(6-2-11)21-8-7-16(20)19-14-9-12-3-4-13(10-14)18-12;/h1-2,5-6,12-14,18H,3-4,7-10H2,(H,19,20);1H. The molecular formula is C16H22BrClN2OS. The van der Waals surface area contributed by atoms with E-state index in [1.54, 1.807) is 11.8 Å². The van der Waals surface area contributed by atoms with E-state index in [2.05, 4.69) is 38.7 Å². The summed E-state index contributed by atoms with van der Waals surface area (Å²) < 4.78 is 1.09. The number of piperidine rings is 1. The monoisotopic (exact) mass is 404 g/mol. The average Bonchev–Trinajstić information content (AvgIpc) is 2.80. The molecule has 1 aromatic rings. The van der Waals surface area contributed by atoms with E-state index in [1.165, 1.54) is 17.7 Å². The van der Waals surface area contributed by atoms with Crippen LogP contribution in [-0.4, -0.2) is 29.8 Å². The molecule has 2 heterocycles. The predicted octanol–water partition coefficient (Wildman–Crippen LogP) is 3.75. The molecule has 1 amide bonds. The number of carbonyl (C=O) groups is 1. The summed E-state index contributed by atoms with van der Waals surface area (Å²) in [5.74, 6) is 1.04. The van der Waals surface area contributed by atoms with Crippen LogP contribution in [0.2, 0.25) is 0 Å². The van der Waals surface area contributed by atoms with Gasteiger partial charge in [-0.05, 0) is 49.9 Å². The lowest BCUT2D eigenvalue weighted by Crippen LogP contribution is -2.48. The van der Waals surface area contributed by atoms with Gasteiger partial charge in [-0.2, -0.15) is 0 Å². The fourth-order valence-corrected chi connectivity index (χ4v) is 4.38. The number of fused-ring (bicyclic) bond motifs is 2. The molecule has 0 aliphatic carbocycles. The van der Waals surface area contributed by atoms with Gasteiger partial charge in [-0.15, -0.1) is 24.2 Å². The summed E-state index contributed by atoms with van der Waals surface area (Å²) in [7, 11) is 0. The summed E-state index contributed by atoms with van der Waals surface area (Å²) >= 11 is 5.17. The highest BCUT2D eigenvalue weighted by atomic mass is 79.9. The number of halogens is 2. The lowest BCUT2D eigenvalue weighted by molar-refractivity contribution is -0.121. The second-order valence-electron chi connectivity index (χ2n) is 5.93. The molecule has 0 aromatic heterocycles. The highest BCUT2D eigenvalue weighted by Gasteiger charge is 2.33. The molecule has 3 rings (SSSR count). The lowest BCUT2D eigenvalue weighted by atomic mass is 10.00. The van der Waals surface area contributed by atoms with Crippen LogP contribution in [0.15, 0.2) is 33.6 Å². The Bertz CT molecular complexity index is 487. The molecule has 2 N–H and O–H groups in total. The van der Waals surface area contributed by atoms with Crippen LogP contribution in [0.3, 0.4) is 0 Å². The molecule has 2 aliphatic rings. The van der Waals surface area contributed by atoms with Crippen molar-refractivity contribution in [3.05, 3.63) is 28.7 Å². The Kier molecular flexibility index (Phi) is 7.06. The number of benzene rings is 1. The van der Waals surface area contributed by atoms with Crippen molar-refractivity contribution in [3.63, 3.8) is 0 Å². The quantitative estimate of drug-likeness (QED) is 0.733. The summed E-state index contributed by atoms with van der Waals surface area (Å²) in [4.78, 5) is 13.3. The van der Waals surface area contributed by atoms with Crippen molar-refractivity contribution in [3.8, 4) is 0 Å². The number of hydrogen-bond acceptors (Lipinski definition) is 3. The predicted molar refractivity (Wildman–Crippen MR) is 97.8 cm³/mol. The zero-order chi connectivity index (χ0) is 14.7. The van der Waals surface area contributed by atoms with E-state index in [4.69, 9.17) is 0 Å². The Morgan fingerprint density at radius 2 is 1.86 bits per heavy atom. The molecule has 2 unspecified atom stereocenters. The van der Waals surface area contributed by atoms with Gasteiger partial charge in [0.05, 0.1) is 0 Å². The van der Waals surface area contributed by atoms with E-state index in [0.29, 0.717) is 24.5 Å². The van der Waals surface area contributed by atoms with Crippen LogP contribution < -0.4 is 10.6 Å². The van der Waals surface area contributed by atoms with Crippen molar-refractivity contribution in [2.75, 3.05) is 5.75 Å². The molecule has 2 atom stereocenters. The maximum absolute atomic E-state index is 12.0. The molecule has 0 saturated carbocycles. The minimum Gasteiger partial charge on any atom is -0.353 e. The minimum absolute atomic E-state index is 0. The Morgan fingerprint density at radius 1 is 1.23 bits per heavy atom. The largest absolute Gasteiger partial charge is 0.353 e. The van der Waals surface area contributed by atoms with Gasteiger partial charge in [0.25, 0.3) is 0 Å². The van der Waals surface area contributed by atoms with Gasteiger partial charge in [0, 0.05) is 39.7 Å². The van der Waals surface area contributed by atoms with Crippen LogP contribution >= 0.6 is 40.1 Å². The summed E-state index contributed by atoms with van der Waals surface area (Å²) in [5.41, 5.74) is 0. The van der Waals surface area contributed by atoms with E-state index < -0.39 is 0 Å². The van der Waals surface area contributed by atoms with E-state index >= 15 is 0 Å². The van der Waals surface area contributed by atoms with Crippen molar-refractivity contribution in [2.45, 2.75) is 55.1 Å². The van der Waals surface area contributed by atoms with Crippen molar-refractivity contribution in [2.24, 2.45) is 0 Å². The number of hydrogen-bond donors (Lipinski definition) is 2. The number of rotatable bonds is 5. The number of carbonyl (C=O) groups excluding carboxylic acids is 1. The normalized spacial score (nSPS) is 26.3. The fourth-order valence-electron chi connectivity index (χ4n) is 3.27. The van der Waals surface area contributed by atoms with Crippen LogP contribution in [0.4, 0.5) is 0 Å². The molecule has 2 saturated heterocycles. The van der Waals surface area contributed by atoms with Gasteiger partial charge >= 0.3 is 0 Å². The maximum atomic E-state index is 12.0. The first kappa shape index (κ1) is 18.1. The van der Waals surface area contributed by atoms with Gasteiger partial charge in [0.15, 0.2) is 0 Å². The summed E-state index contributed by atoms with van der Waals surface area (Å²) in [6.45, 7) is 0. The third kappa shape index (κ3) is 5.15. The Balaban J connectivity index is 0.00000176. The Labute approximate surface area is 150 Å². The first-order chi connectivity index (χ1) is 10.2. The molecule has 122 valence electrons. The van der Waals surface area contributed by atoms with E-state index in [1.807, 2.05) is 12.1 Å². The van der Waals surface area contributed by atoms with Gasteiger partial charge < -0.3 is 10.6 Å². The molecule has 22 heavy (non-hydrogen) atoms. The van der Waals surface area contributed by atoms with Crippen LogP contribution in [0.25, 0.3) is 0 Å². The lowest BCUT2D eigenvalue weighted by Gasteiger charge is -2.29. The third-order valence-corrected chi connectivity index (χ3v) is 5.79. The molecule has 1 aromatic carbocycles. The van der Waals surface area contributed by atoms with Crippen molar-refractivity contribution in [1.82, 2.24) is 10.6 Å². The second kappa shape index (κ2) is 8.57. The maximum Gasteiger partial charge on any atom is 0.221 e. The van der Waals surface area contributed by atoms with Gasteiger partial charge in [-0.3, -0.25) is 4.79 Å². The van der Waals surface area contributed by atoms with Crippen LogP contribution in [0, 0.1) is 0 Å². The topological polar surface area (TPSA) is 41.1 Å². The number of thioether (sulfide) groups is 1. The smallest absolute Gasteiger partial charge is 0.221 e. The van der Waals surface area contributed by atoms with Gasteiger partial charge in [0.1, 0.15) is 0 Å². The van der Waals surface area contributed by atoms with Crippen LogP contribution in [0.1, 0.15) is 32.1 Å². The zero-order valence-corrected chi connectivity index (χ0v) is 15.6. The van der Waals surface area contributed by atoms with Crippen molar-refractivity contribution in [1.29, 1.82) is 0 Å². The molecule has 0 spiro atoms. The van der Waals surface area contributed by atoms with Gasteiger partial charge in [-0.25, -0.2) is 0 Å². The van der Waals surface area contributed by atoms with Gasteiger partial charge in [0.2, 0.25) is 5.91 Å². The van der Waals surface area contributed by atoms with E-state index in [0.717, 1.165) is 23.1 Å². The zero-order valence-electron chi connectivity index (χ0n) is 12.4. The first-order valence-electron chi connectivity index (χ1n) is 7.63. The molecule has 2 bridgehead atoms. The van der Waals surface area contributed by atoms with E-state index in [-0.39, 0.29) is 18.3 Å². The van der Waals surface area contributed by atoms with Crippen LogP contribution in [0.5, 0.6) is 0 Å². The Morgan fingerprint density at radius 3 is 2.50 bits per heavy atom. The first-order valence-corrected chi connectivity index (χ1v) is 9.40. The summed E-state index contributed by atoms with van der Waals surface area (Å²) in [6.07, 6.45) is 5.34. The van der Waals surface area contributed by atoms with Gasteiger partial charge in [-0.1, -0.05) is 15.9 Å². The Hall–Kier alpha value is -0.230. The molecule has 6 heteroatoms. The highest BCUT2D eigenvalue weighted by Crippen LogP contribution is 2.27. The molecule has 2 fully saturated rings. The van der Waals surface area contributed by atoms with E-state index in [9.17, 15) is 4.79 Å². The highest BCUT2D eigenvalue weighted by molar-refractivity contribution is 9.10. The van der Waals surface area contributed by atoms with Crippen LogP contribution in [-0.2, 0) is 4.79 Å². The third-order valence-electron chi connectivity index (χ3n) is 4.25. The SMILES string of the molecule is Cl.O=C(CCSc1ccc(Br)cc1)NC1CC2CCC(C1)N2. The fraction of sp³-hybridized carbons (Fsp3) is 0.562. The minimum atomic E-state index is 0. The molecule has 2 aliphatic heterocycles. The van der Waals surface area contributed by atoms with Crippen molar-refractivity contribution < 1.29 is 4.79 Å². The average molecular weight is 406 g/mol. The summed E-state index contributed by atoms with van der Waals surface area (Å²) in [6, 6.07) is 9.88. The number of amides is 1. The molecule has 3 nitrogen and oxygen atoms in total. The second-order valence-corrected chi connectivity index (χ2v) is 8.01. The molecular weight excluding hydrogens is 384 g/mol. The number of nitrogens with one attached hydrogen (secondary N) is 2. The molecule has 0 radical (unpaired) electrons. The summed E-state index contributed by atoms with van der Waals surface area (Å²) in [5, 5.41) is 6.82.